The number of hydrogen-bond acceptors (Lipinski definition) is 9. The van der Waals surface area contributed by atoms with Crippen LogP contribution in [0, 0.1) is 0 Å². The smallest absolute Gasteiger partial charge is 0.399 e. The third-order valence-corrected chi connectivity index (χ3v) is 6.26. The van der Waals surface area contributed by atoms with E-state index in [0.717, 1.165) is 49.6 Å². The van der Waals surface area contributed by atoms with Crippen molar-refractivity contribution in [3.8, 4) is 11.5 Å². The normalized spacial score (nSPS) is 15.8. The summed E-state index contributed by atoms with van der Waals surface area (Å²) in [4.78, 5) is 35.8. The predicted molar refractivity (Wildman–Crippen MR) is 134 cm³/mol. The van der Waals surface area contributed by atoms with Crippen molar-refractivity contribution in [2.24, 2.45) is 4.99 Å². The van der Waals surface area contributed by atoms with Crippen LogP contribution in [0.15, 0.2) is 47.5 Å². The summed E-state index contributed by atoms with van der Waals surface area (Å²) in [6, 6.07) is 12.9. The molecule has 5 rings (SSSR count). The third-order valence-electron chi connectivity index (χ3n) is 6.26. The number of anilines is 1. The fraction of sp³-hybridized carbons (Fsp3) is 0.385. The van der Waals surface area contributed by atoms with Crippen molar-refractivity contribution in [1.29, 1.82) is 0 Å². The van der Waals surface area contributed by atoms with E-state index < -0.39 is 11.9 Å². The van der Waals surface area contributed by atoms with E-state index in [2.05, 4.69) is 20.2 Å². The molecular formula is C26H29N5O6. The molecule has 1 aromatic heterocycles. The molecule has 11 nitrogen and oxygen atoms in total. The van der Waals surface area contributed by atoms with Gasteiger partial charge < -0.3 is 24.3 Å². The second-order valence-corrected chi connectivity index (χ2v) is 8.61. The summed E-state index contributed by atoms with van der Waals surface area (Å²) in [5.41, 5.74) is 1.35. The van der Waals surface area contributed by atoms with Gasteiger partial charge in [-0.1, -0.05) is 30.3 Å². The molecule has 0 saturated carbocycles. The lowest BCUT2D eigenvalue weighted by atomic mass is 10.2. The number of aromatic nitrogens is 2. The highest BCUT2D eigenvalue weighted by molar-refractivity contribution is 6.32. The van der Waals surface area contributed by atoms with Gasteiger partial charge in [-0.15, -0.1) is 0 Å². The van der Waals surface area contributed by atoms with Crippen LogP contribution in [-0.4, -0.2) is 79.4 Å². The maximum absolute atomic E-state index is 12.6. The number of carbonyl (C=O) groups excluding carboxylic acids is 2. The number of morpholine rings is 1. The lowest BCUT2D eigenvalue weighted by molar-refractivity contribution is -0.154. The Hall–Kier alpha value is -3.96. The zero-order valence-electron chi connectivity index (χ0n) is 20.6. The Kier molecular flexibility index (Phi) is 7.62. The second kappa shape index (κ2) is 11.4. The van der Waals surface area contributed by atoms with Crippen LogP contribution in [-0.2, 0) is 32.2 Å². The molecular weight excluding hydrogens is 478 g/mol. The molecule has 0 radical (unpaired) electrons. The molecule has 0 spiro atoms. The number of ether oxygens (including phenoxy) is 4. The van der Waals surface area contributed by atoms with E-state index in [0.29, 0.717) is 36.7 Å². The monoisotopic (exact) mass is 507 g/mol. The first-order valence-corrected chi connectivity index (χ1v) is 12.2. The summed E-state index contributed by atoms with van der Waals surface area (Å²) >= 11 is 0. The molecule has 3 heterocycles. The van der Waals surface area contributed by atoms with Gasteiger partial charge >= 0.3 is 11.9 Å². The van der Waals surface area contributed by atoms with Gasteiger partial charge in [0.2, 0.25) is 5.62 Å². The van der Waals surface area contributed by atoms with Gasteiger partial charge in [-0.2, -0.15) is 4.99 Å². The summed E-state index contributed by atoms with van der Waals surface area (Å²) in [7, 11) is 1.54. The molecule has 2 aliphatic rings. The first-order chi connectivity index (χ1) is 18.1. The maximum Gasteiger partial charge on any atom is 0.399 e. The first kappa shape index (κ1) is 24.7. The highest BCUT2D eigenvalue weighted by atomic mass is 16.5. The quantitative estimate of drug-likeness (QED) is 0.374. The largest absolute Gasteiger partial charge is 0.491 e. The minimum Gasteiger partial charge on any atom is -0.491 e. The number of esters is 1. The highest BCUT2D eigenvalue weighted by Crippen LogP contribution is 2.37. The van der Waals surface area contributed by atoms with Crippen molar-refractivity contribution in [1.82, 2.24) is 14.5 Å². The van der Waals surface area contributed by atoms with Crippen molar-refractivity contribution in [3.63, 3.8) is 0 Å². The van der Waals surface area contributed by atoms with E-state index in [1.54, 1.807) is 23.8 Å². The Morgan fingerprint density at radius 1 is 1.11 bits per heavy atom. The van der Waals surface area contributed by atoms with Crippen LogP contribution < -0.4 is 20.4 Å². The van der Waals surface area contributed by atoms with Gasteiger partial charge in [0.25, 0.3) is 0 Å². The predicted octanol–water partition coefficient (Wildman–Crippen LogP) is 1.35. The summed E-state index contributed by atoms with van der Waals surface area (Å²) in [5, 5.41) is 4.11. The van der Waals surface area contributed by atoms with Crippen LogP contribution in [0.25, 0.3) is 10.9 Å². The van der Waals surface area contributed by atoms with Crippen molar-refractivity contribution in [2.45, 2.75) is 13.2 Å². The van der Waals surface area contributed by atoms with Gasteiger partial charge in [-0.05, 0) is 17.7 Å². The molecule has 0 atom stereocenters. The number of rotatable bonds is 7. The van der Waals surface area contributed by atoms with Crippen LogP contribution in [0.1, 0.15) is 5.56 Å². The van der Waals surface area contributed by atoms with Crippen molar-refractivity contribution < 1.29 is 28.5 Å². The zero-order valence-corrected chi connectivity index (χ0v) is 20.6. The van der Waals surface area contributed by atoms with E-state index in [9.17, 15) is 9.59 Å². The maximum atomic E-state index is 12.6. The minimum atomic E-state index is -1.04. The van der Waals surface area contributed by atoms with Crippen molar-refractivity contribution >= 4 is 28.6 Å². The van der Waals surface area contributed by atoms with Gasteiger partial charge in [-0.25, -0.2) is 9.78 Å². The number of methoxy groups -OCH3 is 1. The van der Waals surface area contributed by atoms with E-state index in [1.807, 2.05) is 30.3 Å². The van der Waals surface area contributed by atoms with E-state index in [-0.39, 0.29) is 12.2 Å². The number of carbonyl (C=O) groups is 2. The van der Waals surface area contributed by atoms with Crippen LogP contribution in [0.2, 0.25) is 0 Å². The molecule has 3 aromatic rings. The standard InChI is InChI=1S/C26H29N5O6/c1-34-22-20(36-16-13-30-11-14-35-15-12-30)8-7-19-21(22)28-26(31-10-9-27-23(19)31)29-24(32)25(33)37-17-18-5-3-2-4-6-18/h2-8,27H,9-17H2,1H3. The molecule has 2 aliphatic heterocycles. The molecule has 1 fully saturated rings. The van der Waals surface area contributed by atoms with Crippen LogP contribution in [0.3, 0.4) is 0 Å². The second-order valence-electron chi connectivity index (χ2n) is 8.61. The van der Waals surface area contributed by atoms with E-state index >= 15 is 0 Å². The lowest BCUT2D eigenvalue weighted by Crippen LogP contribution is -2.38. The Morgan fingerprint density at radius 3 is 2.70 bits per heavy atom. The molecule has 2 aromatic carbocycles. The number of benzene rings is 2. The molecule has 1 saturated heterocycles. The van der Waals surface area contributed by atoms with Crippen molar-refractivity contribution in [2.75, 3.05) is 58.4 Å². The van der Waals surface area contributed by atoms with Gasteiger partial charge in [0.05, 0.1) is 20.3 Å². The zero-order chi connectivity index (χ0) is 25.6. The molecule has 0 unspecified atom stereocenters. The minimum absolute atomic E-state index is 0.0160. The first-order valence-electron chi connectivity index (χ1n) is 12.2. The van der Waals surface area contributed by atoms with Gasteiger partial charge in [-0.3, -0.25) is 14.3 Å². The average molecular weight is 508 g/mol. The molecule has 194 valence electrons. The van der Waals surface area contributed by atoms with Crippen LogP contribution >= 0.6 is 0 Å². The molecule has 11 heteroatoms. The van der Waals surface area contributed by atoms with Gasteiger partial charge in [0.1, 0.15) is 24.5 Å². The number of fused-ring (bicyclic) bond motifs is 3. The third kappa shape index (κ3) is 5.57. The molecule has 1 amide bonds. The highest BCUT2D eigenvalue weighted by Gasteiger charge is 2.22. The molecule has 1 N–H and O–H groups in total. The Bertz CT molecular complexity index is 1350. The number of amides is 1. The van der Waals surface area contributed by atoms with Crippen LogP contribution in [0.4, 0.5) is 5.82 Å². The Morgan fingerprint density at radius 2 is 1.92 bits per heavy atom. The van der Waals surface area contributed by atoms with E-state index in [4.69, 9.17) is 18.9 Å². The summed E-state index contributed by atoms with van der Waals surface area (Å²) in [6.07, 6.45) is 0. The number of hydrogen-bond donors (Lipinski definition) is 1. The summed E-state index contributed by atoms with van der Waals surface area (Å²) in [6.45, 7) is 5.61. The average Bonchev–Trinajstić information content (AvgIpc) is 3.43. The lowest BCUT2D eigenvalue weighted by Gasteiger charge is -2.26. The SMILES string of the molecule is COc1c(OCCN2CCOCC2)ccc2c3n(c(=NC(=O)C(=O)OCc4ccccc4)nc12)CCN3. The van der Waals surface area contributed by atoms with E-state index in [1.165, 1.54) is 0 Å². The number of nitrogens with zero attached hydrogens (tertiary/aromatic N) is 4. The Balaban J connectivity index is 1.40. The summed E-state index contributed by atoms with van der Waals surface area (Å²) in [5.74, 6) is -0.350. The topological polar surface area (TPSA) is 117 Å². The van der Waals surface area contributed by atoms with Crippen LogP contribution in [0.5, 0.6) is 11.5 Å². The molecule has 0 bridgehead atoms. The van der Waals surface area contributed by atoms with Gasteiger partial charge in [0, 0.05) is 38.1 Å². The number of nitrogens with one attached hydrogen (secondary N) is 1. The Labute approximate surface area is 213 Å². The molecule has 0 aliphatic carbocycles. The van der Waals surface area contributed by atoms with Gasteiger partial charge in [0.15, 0.2) is 11.5 Å². The fourth-order valence-corrected chi connectivity index (χ4v) is 4.38. The molecule has 37 heavy (non-hydrogen) atoms. The fourth-order valence-electron chi connectivity index (χ4n) is 4.38. The summed E-state index contributed by atoms with van der Waals surface area (Å²) < 4.78 is 24.0. The van der Waals surface area contributed by atoms with Crippen molar-refractivity contribution in [3.05, 3.63) is 53.6 Å².